The van der Waals surface area contributed by atoms with Crippen molar-refractivity contribution in [3.05, 3.63) is 65.0 Å². The SMILES string of the molecule is CC(=O)c1ccc(N2CCCc3ccccc3C2)c(F)c1. The highest BCUT2D eigenvalue weighted by Gasteiger charge is 2.17. The predicted octanol–water partition coefficient (Wildman–Crippen LogP) is 3.98. The Morgan fingerprint density at radius 2 is 1.90 bits per heavy atom. The molecule has 1 aliphatic rings. The van der Waals surface area contributed by atoms with Gasteiger partial charge in [-0.25, -0.2) is 4.39 Å². The highest BCUT2D eigenvalue weighted by atomic mass is 19.1. The summed E-state index contributed by atoms with van der Waals surface area (Å²) in [5.41, 5.74) is 3.61. The average Bonchev–Trinajstić information content (AvgIpc) is 2.69. The van der Waals surface area contributed by atoms with Crippen LogP contribution >= 0.6 is 0 Å². The first-order valence-corrected chi connectivity index (χ1v) is 7.27. The van der Waals surface area contributed by atoms with Crippen molar-refractivity contribution in [1.29, 1.82) is 0 Å². The van der Waals surface area contributed by atoms with Gasteiger partial charge in [-0.05, 0) is 49.1 Å². The molecule has 3 heteroatoms. The van der Waals surface area contributed by atoms with Crippen molar-refractivity contribution in [2.24, 2.45) is 0 Å². The van der Waals surface area contributed by atoms with E-state index in [0.29, 0.717) is 17.8 Å². The van der Waals surface area contributed by atoms with Crippen LogP contribution in [0.15, 0.2) is 42.5 Å². The third-order valence-electron chi connectivity index (χ3n) is 4.05. The minimum atomic E-state index is -0.318. The Labute approximate surface area is 124 Å². The molecule has 2 aromatic rings. The van der Waals surface area contributed by atoms with Crippen molar-refractivity contribution < 1.29 is 9.18 Å². The van der Waals surface area contributed by atoms with Gasteiger partial charge in [-0.3, -0.25) is 4.79 Å². The number of nitrogens with zero attached hydrogens (tertiary/aromatic N) is 1. The van der Waals surface area contributed by atoms with Crippen LogP contribution in [0.3, 0.4) is 0 Å². The van der Waals surface area contributed by atoms with Gasteiger partial charge in [-0.15, -0.1) is 0 Å². The monoisotopic (exact) mass is 283 g/mol. The van der Waals surface area contributed by atoms with Crippen LogP contribution in [-0.4, -0.2) is 12.3 Å². The van der Waals surface area contributed by atoms with Crippen molar-refractivity contribution in [2.45, 2.75) is 26.3 Å². The number of halogens is 1. The molecule has 2 aromatic carbocycles. The van der Waals surface area contributed by atoms with Crippen molar-refractivity contribution in [3.63, 3.8) is 0 Å². The van der Waals surface area contributed by atoms with Crippen LogP contribution in [0, 0.1) is 5.82 Å². The third-order valence-corrected chi connectivity index (χ3v) is 4.05. The van der Waals surface area contributed by atoms with Gasteiger partial charge >= 0.3 is 0 Å². The van der Waals surface area contributed by atoms with Crippen LogP contribution in [0.1, 0.15) is 34.8 Å². The lowest BCUT2D eigenvalue weighted by Gasteiger charge is -2.24. The van der Waals surface area contributed by atoms with E-state index in [1.54, 1.807) is 12.1 Å². The van der Waals surface area contributed by atoms with E-state index in [1.807, 2.05) is 6.07 Å². The maximum absolute atomic E-state index is 14.3. The average molecular weight is 283 g/mol. The van der Waals surface area contributed by atoms with E-state index in [2.05, 4.69) is 23.1 Å². The third kappa shape index (κ3) is 2.82. The number of rotatable bonds is 2. The molecule has 0 aromatic heterocycles. The Balaban J connectivity index is 1.92. The number of aryl methyl sites for hydroxylation is 1. The summed E-state index contributed by atoms with van der Waals surface area (Å²) in [4.78, 5) is 13.4. The molecule has 2 nitrogen and oxygen atoms in total. The Kier molecular flexibility index (Phi) is 3.74. The first-order valence-electron chi connectivity index (χ1n) is 7.27. The zero-order valence-corrected chi connectivity index (χ0v) is 12.1. The quantitative estimate of drug-likeness (QED) is 0.777. The van der Waals surface area contributed by atoms with Gasteiger partial charge in [-0.1, -0.05) is 24.3 Å². The standard InChI is InChI=1S/C18H18FNO/c1-13(21)15-8-9-18(17(19)11-15)20-10-4-7-14-5-2-3-6-16(14)12-20/h2-3,5-6,8-9,11H,4,7,10,12H2,1H3. The molecule has 0 radical (unpaired) electrons. The van der Waals surface area contributed by atoms with Crippen LogP contribution in [0.25, 0.3) is 0 Å². The highest BCUT2D eigenvalue weighted by molar-refractivity contribution is 5.94. The largest absolute Gasteiger partial charge is 0.365 e. The smallest absolute Gasteiger partial charge is 0.159 e. The van der Waals surface area contributed by atoms with Crippen molar-refractivity contribution in [3.8, 4) is 0 Å². The van der Waals surface area contributed by atoms with E-state index >= 15 is 0 Å². The van der Waals surface area contributed by atoms with Gasteiger partial charge in [0.25, 0.3) is 0 Å². The zero-order valence-electron chi connectivity index (χ0n) is 12.1. The molecule has 0 amide bonds. The summed E-state index contributed by atoms with van der Waals surface area (Å²) in [6.45, 7) is 2.99. The van der Waals surface area contributed by atoms with E-state index in [-0.39, 0.29) is 11.6 Å². The number of Topliss-reactive ketones (excluding diaryl/α,β-unsaturated/α-hetero) is 1. The van der Waals surface area contributed by atoms with Crippen LogP contribution < -0.4 is 4.90 Å². The summed E-state index contributed by atoms with van der Waals surface area (Å²) in [5.74, 6) is -0.427. The van der Waals surface area contributed by atoms with Crippen molar-refractivity contribution in [2.75, 3.05) is 11.4 Å². The molecule has 1 heterocycles. The molecular formula is C18H18FNO. The number of ketones is 1. The van der Waals surface area contributed by atoms with Gasteiger partial charge in [-0.2, -0.15) is 0 Å². The van der Waals surface area contributed by atoms with Gasteiger partial charge in [0.2, 0.25) is 0 Å². The van der Waals surface area contributed by atoms with E-state index in [1.165, 1.54) is 24.1 Å². The van der Waals surface area contributed by atoms with Crippen LogP contribution in [0.2, 0.25) is 0 Å². The summed E-state index contributed by atoms with van der Waals surface area (Å²) in [6.07, 6.45) is 2.03. The lowest BCUT2D eigenvalue weighted by atomic mass is 10.0. The number of carbonyl (C=O) groups is 1. The number of benzene rings is 2. The van der Waals surface area contributed by atoms with E-state index in [4.69, 9.17) is 0 Å². The molecule has 1 aliphatic heterocycles. The Hall–Kier alpha value is -2.16. The maximum atomic E-state index is 14.3. The molecule has 0 fully saturated rings. The number of anilines is 1. The number of hydrogen-bond acceptors (Lipinski definition) is 2. The molecule has 0 saturated heterocycles. The zero-order chi connectivity index (χ0) is 14.8. The molecule has 0 saturated carbocycles. The molecule has 0 bridgehead atoms. The van der Waals surface area contributed by atoms with E-state index in [9.17, 15) is 9.18 Å². The maximum Gasteiger partial charge on any atom is 0.159 e. The Bertz CT molecular complexity index is 681. The fourth-order valence-corrected chi connectivity index (χ4v) is 2.89. The molecule has 0 unspecified atom stereocenters. The van der Waals surface area contributed by atoms with Crippen molar-refractivity contribution >= 4 is 11.5 Å². The van der Waals surface area contributed by atoms with Gasteiger partial charge in [0.05, 0.1) is 5.69 Å². The summed E-state index contributed by atoms with van der Waals surface area (Å²) in [6, 6.07) is 13.1. The van der Waals surface area contributed by atoms with Gasteiger partial charge in [0.15, 0.2) is 5.78 Å². The topological polar surface area (TPSA) is 20.3 Å². The molecule has 0 N–H and O–H groups in total. The van der Waals surface area contributed by atoms with E-state index < -0.39 is 0 Å². The Morgan fingerprint density at radius 1 is 1.14 bits per heavy atom. The van der Waals surface area contributed by atoms with Gasteiger partial charge in [0.1, 0.15) is 5.82 Å². The normalized spacial score (nSPS) is 14.5. The number of hydrogen-bond donors (Lipinski definition) is 0. The molecule has 3 rings (SSSR count). The fourth-order valence-electron chi connectivity index (χ4n) is 2.89. The fraction of sp³-hybridized carbons (Fsp3) is 0.278. The summed E-state index contributed by atoms with van der Waals surface area (Å²) in [7, 11) is 0. The number of fused-ring (bicyclic) bond motifs is 1. The molecule has 108 valence electrons. The molecule has 21 heavy (non-hydrogen) atoms. The van der Waals surface area contributed by atoms with Crippen molar-refractivity contribution in [1.82, 2.24) is 0 Å². The summed E-state index contributed by atoms with van der Waals surface area (Å²) >= 11 is 0. The van der Waals surface area contributed by atoms with Crippen LogP contribution in [0.5, 0.6) is 0 Å². The second-order valence-corrected chi connectivity index (χ2v) is 5.52. The minimum Gasteiger partial charge on any atom is -0.365 e. The molecule has 0 atom stereocenters. The van der Waals surface area contributed by atoms with Crippen LogP contribution in [-0.2, 0) is 13.0 Å². The Morgan fingerprint density at radius 3 is 2.62 bits per heavy atom. The second kappa shape index (κ2) is 5.68. The second-order valence-electron chi connectivity index (χ2n) is 5.52. The molecular weight excluding hydrogens is 265 g/mol. The molecule has 0 spiro atoms. The summed E-state index contributed by atoms with van der Waals surface area (Å²) < 4.78 is 14.3. The predicted molar refractivity (Wildman–Crippen MR) is 82.2 cm³/mol. The summed E-state index contributed by atoms with van der Waals surface area (Å²) in [5, 5.41) is 0. The van der Waals surface area contributed by atoms with Gasteiger partial charge in [0, 0.05) is 18.7 Å². The van der Waals surface area contributed by atoms with Gasteiger partial charge < -0.3 is 4.90 Å². The minimum absolute atomic E-state index is 0.110. The van der Waals surface area contributed by atoms with E-state index in [0.717, 1.165) is 19.4 Å². The first kappa shape index (κ1) is 13.8. The first-order chi connectivity index (χ1) is 10.1. The highest BCUT2D eigenvalue weighted by Crippen LogP contribution is 2.26. The lowest BCUT2D eigenvalue weighted by Crippen LogP contribution is -2.23. The van der Waals surface area contributed by atoms with Crippen LogP contribution in [0.4, 0.5) is 10.1 Å². The lowest BCUT2D eigenvalue weighted by molar-refractivity contribution is 0.101. The number of carbonyl (C=O) groups excluding carboxylic acids is 1. The molecule has 0 aliphatic carbocycles.